The van der Waals surface area contributed by atoms with Gasteiger partial charge in [0.15, 0.2) is 0 Å². The van der Waals surface area contributed by atoms with Crippen LogP contribution in [-0.2, 0) is 17.6 Å². The highest BCUT2D eigenvalue weighted by Crippen LogP contribution is 2.34. The molecule has 2 heterocycles. The quantitative estimate of drug-likeness (QED) is 0.852. The zero-order valence-corrected chi connectivity index (χ0v) is 10.5. The molecule has 5 nitrogen and oxygen atoms in total. The number of hydrogen-bond acceptors (Lipinski definition) is 4. The van der Waals surface area contributed by atoms with Crippen molar-refractivity contribution < 1.29 is 9.90 Å². The molecule has 1 aliphatic heterocycles. The van der Waals surface area contributed by atoms with Crippen LogP contribution in [-0.4, -0.2) is 33.6 Å². The maximum Gasteiger partial charge on any atom is 0.308 e. The summed E-state index contributed by atoms with van der Waals surface area (Å²) in [4.78, 5) is 22.0. The number of aryl methyl sites for hydroxylation is 1. The molecule has 2 unspecified atom stereocenters. The smallest absolute Gasteiger partial charge is 0.308 e. The number of rotatable bonds is 2. The lowest BCUT2D eigenvalue weighted by molar-refractivity contribution is -0.141. The van der Waals surface area contributed by atoms with Crippen molar-refractivity contribution >= 4 is 11.8 Å². The number of nitrogens with zero attached hydrogens (tertiary/aromatic N) is 3. The summed E-state index contributed by atoms with van der Waals surface area (Å²) in [5.41, 5.74) is 2.38. The van der Waals surface area contributed by atoms with E-state index in [9.17, 15) is 9.90 Å². The minimum atomic E-state index is -0.698. The highest BCUT2D eigenvalue weighted by atomic mass is 16.4. The van der Waals surface area contributed by atoms with Crippen LogP contribution < -0.4 is 4.90 Å². The molecule has 0 bridgehead atoms. The predicted molar refractivity (Wildman–Crippen MR) is 66.6 cm³/mol. The molecule has 1 aliphatic carbocycles. The van der Waals surface area contributed by atoms with E-state index in [0.29, 0.717) is 6.42 Å². The van der Waals surface area contributed by atoms with Crippen molar-refractivity contribution in [3.05, 3.63) is 17.6 Å². The molecule has 1 fully saturated rings. The van der Waals surface area contributed by atoms with Crippen molar-refractivity contribution in [3.8, 4) is 0 Å². The Morgan fingerprint density at radius 2 is 2.28 bits per heavy atom. The SMILES string of the molecule is CC1C(C(=O)O)CCN1c1ncnc2c1CCC2. The molecule has 1 aromatic rings. The van der Waals surface area contributed by atoms with Gasteiger partial charge in [-0.15, -0.1) is 0 Å². The molecule has 0 spiro atoms. The van der Waals surface area contributed by atoms with E-state index in [0.717, 1.165) is 37.3 Å². The van der Waals surface area contributed by atoms with Crippen molar-refractivity contribution in [1.82, 2.24) is 9.97 Å². The van der Waals surface area contributed by atoms with E-state index in [2.05, 4.69) is 14.9 Å². The van der Waals surface area contributed by atoms with Crippen molar-refractivity contribution in [3.63, 3.8) is 0 Å². The molecule has 0 radical (unpaired) electrons. The van der Waals surface area contributed by atoms with Crippen LogP contribution in [0.15, 0.2) is 6.33 Å². The Morgan fingerprint density at radius 3 is 3.00 bits per heavy atom. The Labute approximate surface area is 106 Å². The van der Waals surface area contributed by atoms with E-state index in [1.807, 2.05) is 6.92 Å². The van der Waals surface area contributed by atoms with Crippen molar-refractivity contribution in [1.29, 1.82) is 0 Å². The van der Waals surface area contributed by atoms with E-state index in [1.165, 1.54) is 5.56 Å². The molecule has 5 heteroatoms. The van der Waals surface area contributed by atoms with E-state index in [-0.39, 0.29) is 12.0 Å². The van der Waals surface area contributed by atoms with Gasteiger partial charge in [-0.2, -0.15) is 0 Å². The van der Waals surface area contributed by atoms with E-state index < -0.39 is 5.97 Å². The highest BCUT2D eigenvalue weighted by molar-refractivity contribution is 5.73. The first-order valence-corrected chi connectivity index (χ1v) is 6.50. The van der Waals surface area contributed by atoms with Crippen molar-refractivity contribution in [2.24, 2.45) is 5.92 Å². The van der Waals surface area contributed by atoms with Crippen LogP contribution in [0, 0.1) is 5.92 Å². The summed E-state index contributed by atoms with van der Waals surface area (Å²) < 4.78 is 0. The summed E-state index contributed by atoms with van der Waals surface area (Å²) >= 11 is 0. The lowest BCUT2D eigenvalue weighted by Gasteiger charge is -2.26. The van der Waals surface area contributed by atoms with Gasteiger partial charge in [0.05, 0.1) is 5.92 Å². The van der Waals surface area contributed by atoms with Crippen LogP contribution in [0.1, 0.15) is 31.0 Å². The molecule has 96 valence electrons. The summed E-state index contributed by atoms with van der Waals surface area (Å²) in [6, 6.07) is 0.0158. The standard InChI is InChI=1S/C13H17N3O2/c1-8-9(13(17)18)5-6-16(8)12-10-3-2-4-11(10)14-7-15-12/h7-9H,2-6H2,1H3,(H,17,18). The highest BCUT2D eigenvalue weighted by Gasteiger charge is 2.37. The zero-order chi connectivity index (χ0) is 12.7. The summed E-state index contributed by atoms with van der Waals surface area (Å²) in [6.07, 6.45) is 5.49. The average Bonchev–Trinajstić information content (AvgIpc) is 2.94. The maximum absolute atomic E-state index is 11.2. The van der Waals surface area contributed by atoms with Gasteiger partial charge >= 0.3 is 5.97 Å². The third-order valence-electron chi connectivity index (χ3n) is 4.20. The lowest BCUT2D eigenvalue weighted by atomic mass is 10.0. The number of aromatic nitrogens is 2. The van der Waals surface area contributed by atoms with Crippen LogP contribution in [0.5, 0.6) is 0 Å². The predicted octanol–water partition coefficient (Wildman–Crippen LogP) is 1.26. The maximum atomic E-state index is 11.2. The Bertz CT molecular complexity index is 489. The van der Waals surface area contributed by atoms with Gasteiger partial charge < -0.3 is 10.0 Å². The summed E-state index contributed by atoms with van der Waals surface area (Å²) in [7, 11) is 0. The Hall–Kier alpha value is -1.65. The molecule has 0 aromatic carbocycles. The first-order chi connectivity index (χ1) is 8.68. The van der Waals surface area contributed by atoms with Crippen LogP contribution in [0.3, 0.4) is 0 Å². The van der Waals surface area contributed by atoms with Gasteiger partial charge in [-0.05, 0) is 32.6 Å². The fraction of sp³-hybridized carbons (Fsp3) is 0.615. The number of carboxylic acids is 1. The summed E-state index contributed by atoms with van der Waals surface area (Å²) in [5, 5.41) is 9.18. The second-order valence-electron chi connectivity index (χ2n) is 5.14. The number of aliphatic carboxylic acids is 1. The molecule has 1 N–H and O–H groups in total. The van der Waals surface area contributed by atoms with Crippen LogP contribution in [0.25, 0.3) is 0 Å². The first-order valence-electron chi connectivity index (χ1n) is 6.50. The Kier molecular flexibility index (Phi) is 2.69. The van der Waals surface area contributed by atoms with Gasteiger partial charge in [-0.3, -0.25) is 4.79 Å². The normalized spacial score (nSPS) is 26.4. The van der Waals surface area contributed by atoms with Crippen molar-refractivity contribution in [2.45, 2.75) is 38.6 Å². The molecule has 1 saturated heterocycles. The fourth-order valence-corrected chi connectivity index (χ4v) is 3.16. The van der Waals surface area contributed by atoms with E-state index in [4.69, 9.17) is 0 Å². The first kappa shape index (κ1) is 11.4. The monoisotopic (exact) mass is 247 g/mol. The molecule has 3 rings (SSSR count). The minimum Gasteiger partial charge on any atom is -0.481 e. The second-order valence-corrected chi connectivity index (χ2v) is 5.14. The van der Waals surface area contributed by atoms with Gasteiger partial charge in [0.2, 0.25) is 0 Å². The van der Waals surface area contributed by atoms with E-state index in [1.54, 1.807) is 6.33 Å². The summed E-state index contributed by atoms with van der Waals surface area (Å²) in [5.74, 6) is -0.0125. The van der Waals surface area contributed by atoms with E-state index >= 15 is 0 Å². The average molecular weight is 247 g/mol. The molecule has 0 saturated carbocycles. The largest absolute Gasteiger partial charge is 0.481 e. The number of anilines is 1. The third kappa shape index (κ3) is 1.65. The van der Waals surface area contributed by atoms with Gasteiger partial charge in [0.1, 0.15) is 12.1 Å². The van der Waals surface area contributed by atoms with Gasteiger partial charge in [-0.1, -0.05) is 0 Å². The Balaban J connectivity index is 1.93. The molecule has 2 aliphatic rings. The van der Waals surface area contributed by atoms with Gasteiger partial charge in [-0.25, -0.2) is 9.97 Å². The second kappa shape index (κ2) is 4.23. The third-order valence-corrected chi connectivity index (χ3v) is 4.20. The molecule has 1 aromatic heterocycles. The fourth-order valence-electron chi connectivity index (χ4n) is 3.16. The van der Waals surface area contributed by atoms with Crippen LogP contribution in [0.2, 0.25) is 0 Å². The molecule has 0 amide bonds. The van der Waals surface area contributed by atoms with Crippen molar-refractivity contribution in [2.75, 3.05) is 11.4 Å². The molecular weight excluding hydrogens is 230 g/mol. The number of carboxylic acid groups (broad SMARTS) is 1. The van der Waals surface area contributed by atoms with Crippen LogP contribution in [0.4, 0.5) is 5.82 Å². The molecule has 2 atom stereocenters. The number of carbonyl (C=O) groups is 1. The molecule has 18 heavy (non-hydrogen) atoms. The molecular formula is C13H17N3O2. The Morgan fingerprint density at radius 1 is 1.44 bits per heavy atom. The van der Waals surface area contributed by atoms with Gasteiger partial charge in [0, 0.05) is 23.8 Å². The minimum absolute atomic E-state index is 0.0158. The lowest BCUT2D eigenvalue weighted by Crippen LogP contribution is -2.34. The number of fused-ring (bicyclic) bond motifs is 1. The van der Waals surface area contributed by atoms with Gasteiger partial charge in [0.25, 0.3) is 0 Å². The number of hydrogen-bond donors (Lipinski definition) is 1. The topological polar surface area (TPSA) is 66.3 Å². The summed E-state index contributed by atoms with van der Waals surface area (Å²) in [6.45, 7) is 2.76. The van der Waals surface area contributed by atoms with Crippen LogP contribution >= 0.6 is 0 Å². The zero-order valence-electron chi connectivity index (χ0n) is 10.5.